The van der Waals surface area contributed by atoms with Gasteiger partial charge in [0.05, 0.1) is 30.3 Å². The van der Waals surface area contributed by atoms with E-state index in [2.05, 4.69) is 9.97 Å². The second-order valence-electron chi connectivity index (χ2n) is 10.7. The van der Waals surface area contributed by atoms with Crippen LogP contribution in [-0.2, 0) is 20.4 Å². The average Bonchev–Trinajstić information content (AvgIpc) is 3.44. The average molecular weight is 677 g/mol. The zero-order chi connectivity index (χ0) is 32.2. The van der Waals surface area contributed by atoms with Crippen molar-refractivity contribution in [3.05, 3.63) is 40.2 Å². The largest absolute Gasteiger partial charge is 0.430 e. The smallest absolute Gasteiger partial charge is 0.393 e. The maximum atomic E-state index is 13.4. The van der Waals surface area contributed by atoms with Crippen LogP contribution in [0.3, 0.4) is 0 Å². The minimum absolute atomic E-state index is 0.137. The lowest BCUT2D eigenvalue weighted by molar-refractivity contribution is -0.380. The van der Waals surface area contributed by atoms with Crippen LogP contribution in [0.15, 0.2) is 28.7 Å². The van der Waals surface area contributed by atoms with Crippen molar-refractivity contribution in [1.29, 1.82) is 0 Å². The minimum atomic E-state index is -6.13. The van der Waals surface area contributed by atoms with Crippen molar-refractivity contribution in [3.8, 4) is 0 Å². The van der Waals surface area contributed by atoms with Gasteiger partial charge >= 0.3 is 17.4 Å². The number of aliphatic hydroxyl groups is 2. The lowest BCUT2D eigenvalue weighted by Gasteiger charge is -2.50. The highest BCUT2D eigenvalue weighted by molar-refractivity contribution is 7.91. The van der Waals surface area contributed by atoms with E-state index in [1.165, 1.54) is 4.90 Å². The number of morpholine rings is 1. The van der Waals surface area contributed by atoms with E-state index in [4.69, 9.17) is 4.74 Å². The van der Waals surface area contributed by atoms with Crippen LogP contribution in [0.25, 0.3) is 0 Å². The van der Waals surface area contributed by atoms with Gasteiger partial charge in [-0.2, -0.15) is 30.6 Å². The molecular weight excluding hydrogens is 650 g/mol. The third-order valence-corrected chi connectivity index (χ3v) is 11.4. The molecule has 3 aliphatic heterocycles. The first-order valence-electron chi connectivity index (χ1n) is 13.1. The molecule has 3 atom stereocenters. The number of anilines is 1. The summed E-state index contributed by atoms with van der Waals surface area (Å²) in [4.78, 5) is 21.3. The monoisotopic (exact) mass is 676 g/mol. The summed E-state index contributed by atoms with van der Waals surface area (Å²) in [6, 6.07) is 0.884. The van der Waals surface area contributed by atoms with E-state index in [9.17, 15) is 55.1 Å². The Balaban J connectivity index is 1.46. The van der Waals surface area contributed by atoms with E-state index in [-0.39, 0.29) is 79.0 Å². The van der Waals surface area contributed by atoms with Crippen LogP contribution >= 0.6 is 11.3 Å². The van der Waals surface area contributed by atoms with Crippen molar-refractivity contribution < 1.29 is 54.6 Å². The third-order valence-electron chi connectivity index (χ3n) is 7.99. The van der Waals surface area contributed by atoms with E-state index in [1.807, 2.05) is 4.90 Å². The SMILES string of the molecule is O=[N+]([O-])c1ccc(S(=O)(=O)N2CCN(c3ncc(C(O)(C(F)(F)F)C(F)(F)F)cn3)[C@@H](CN3C4COCC3CC(O)C4)C2)s1. The third kappa shape index (κ3) is 5.85. The molecule has 5 rings (SSSR count). The van der Waals surface area contributed by atoms with Crippen molar-refractivity contribution in [2.24, 2.45) is 0 Å². The summed E-state index contributed by atoms with van der Waals surface area (Å²) in [5.74, 6) is -0.298. The molecule has 13 nitrogen and oxygen atoms in total. The topological polar surface area (TPSA) is 162 Å². The summed E-state index contributed by atoms with van der Waals surface area (Å²) in [6.45, 7) is 0.122. The van der Waals surface area contributed by atoms with Gasteiger partial charge in [0.1, 0.15) is 4.21 Å². The Hall–Kier alpha value is -2.69. The number of alkyl halides is 6. The molecule has 0 spiro atoms. The van der Waals surface area contributed by atoms with Crippen molar-refractivity contribution in [2.75, 3.05) is 44.3 Å². The molecule has 0 aromatic carbocycles. The Morgan fingerprint density at radius 2 is 1.64 bits per heavy atom. The van der Waals surface area contributed by atoms with Crippen LogP contribution in [0.4, 0.5) is 37.3 Å². The van der Waals surface area contributed by atoms with Crippen LogP contribution in [0.5, 0.6) is 0 Å². The molecule has 2 unspecified atom stereocenters. The van der Waals surface area contributed by atoms with Crippen LogP contribution in [0.2, 0.25) is 0 Å². The number of piperidine rings is 1. The number of piperazine rings is 1. The van der Waals surface area contributed by atoms with Crippen molar-refractivity contribution in [2.45, 2.75) is 59.2 Å². The molecule has 3 aliphatic rings. The summed E-state index contributed by atoms with van der Waals surface area (Å²) < 4.78 is 114. The fourth-order valence-corrected chi connectivity index (χ4v) is 8.52. The van der Waals surface area contributed by atoms with Gasteiger partial charge in [-0.3, -0.25) is 15.0 Å². The Kier molecular flexibility index (Phi) is 8.61. The van der Waals surface area contributed by atoms with Gasteiger partial charge in [0.15, 0.2) is 0 Å². The van der Waals surface area contributed by atoms with Gasteiger partial charge in [-0.05, 0) is 30.2 Å². The number of sulfonamides is 1. The molecule has 3 saturated heterocycles. The van der Waals surface area contributed by atoms with Crippen molar-refractivity contribution in [3.63, 3.8) is 0 Å². The number of halogens is 6. The molecule has 0 amide bonds. The lowest BCUT2D eigenvalue weighted by Crippen LogP contribution is -2.64. The second kappa shape index (κ2) is 11.6. The van der Waals surface area contributed by atoms with Crippen LogP contribution < -0.4 is 4.90 Å². The van der Waals surface area contributed by atoms with E-state index in [1.54, 1.807) is 0 Å². The first-order chi connectivity index (χ1) is 20.4. The molecule has 0 saturated carbocycles. The summed E-state index contributed by atoms with van der Waals surface area (Å²) in [5, 5.41) is 30.7. The highest BCUT2D eigenvalue weighted by atomic mass is 32.2. The minimum Gasteiger partial charge on any atom is -0.393 e. The van der Waals surface area contributed by atoms with Crippen LogP contribution in [-0.4, -0.2) is 119 Å². The molecule has 0 radical (unpaired) electrons. The number of nitro groups is 1. The number of ether oxygens (including phenoxy) is 1. The summed E-state index contributed by atoms with van der Waals surface area (Å²) in [5.41, 5.74) is -6.87. The molecule has 244 valence electrons. The van der Waals surface area contributed by atoms with Crippen LogP contribution in [0, 0.1) is 10.1 Å². The molecule has 0 aliphatic carbocycles. The lowest BCUT2D eigenvalue weighted by atomic mass is 9.91. The standard InChI is InChI=1S/C23H26F6N6O7S2/c24-22(25,26)21(37,23(27,28)29)13-7-30-20(31-8-13)33-4-3-32(44(40,41)19-2-1-18(43-19)35(38)39)9-16(33)10-34-14-5-17(36)6-15(34)12-42-11-14/h1-2,7-8,14-17,36-37H,3-6,9-12H2/t14?,15?,16-,17?/m1/s1. The predicted molar refractivity (Wildman–Crippen MR) is 139 cm³/mol. The highest BCUT2D eigenvalue weighted by Crippen LogP contribution is 2.49. The van der Waals surface area contributed by atoms with Gasteiger partial charge in [-0.1, -0.05) is 0 Å². The second-order valence-corrected chi connectivity index (χ2v) is 13.9. The Morgan fingerprint density at radius 3 is 2.16 bits per heavy atom. The molecule has 21 heteroatoms. The Labute approximate surface area is 249 Å². The van der Waals surface area contributed by atoms with Gasteiger partial charge in [-0.15, -0.1) is 0 Å². The van der Waals surface area contributed by atoms with Gasteiger partial charge in [0, 0.05) is 62.3 Å². The van der Waals surface area contributed by atoms with E-state index in [0.717, 1.165) is 16.4 Å². The van der Waals surface area contributed by atoms with Crippen molar-refractivity contribution in [1.82, 2.24) is 19.2 Å². The molecule has 3 fully saturated rings. The zero-order valence-corrected chi connectivity index (χ0v) is 24.1. The Bertz CT molecular complexity index is 1450. The number of nitrogens with zero attached hydrogens (tertiary/aromatic N) is 6. The fourth-order valence-electron chi connectivity index (χ4n) is 5.79. The number of rotatable bonds is 7. The molecule has 44 heavy (non-hydrogen) atoms. The first-order valence-corrected chi connectivity index (χ1v) is 15.4. The number of thiophene rings is 1. The summed E-state index contributed by atoms with van der Waals surface area (Å²) in [6.07, 6.45) is -11.7. The molecule has 2 N–H and O–H groups in total. The zero-order valence-electron chi connectivity index (χ0n) is 22.5. The van der Waals surface area contributed by atoms with Gasteiger partial charge in [-0.25, -0.2) is 18.4 Å². The molecule has 5 heterocycles. The quantitative estimate of drug-likeness (QED) is 0.250. The molecular formula is C23H26F6N6O7S2. The van der Waals surface area contributed by atoms with E-state index in [0.29, 0.717) is 24.2 Å². The fraction of sp³-hybridized carbons (Fsp3) is 0.652. The van der Waals surface area contributed by atoms with E-state index >= 15 is 0 Å². The first kappa shape index (κ1) is 32.7. The van der Waals surface area contributed by atoms with Gasteiger partial charge < -0.3 is 19.8 Å². The molecule has 2 aromatic rings. The number of hydrogen-bond acceptors (Lipinski definition) is 12. The summed E-state index contributed by atoms with van der Waals surface area (Å²) >= 11 is 0.468. The highest BCUT2D eigenvalue weighted by Gasteiger charge is 2.71. The predicted octanol–water partition coefficient (Wildman–Crippen LogP) is 1.86. The molecule has 2 aromatic heterocycles. The maximum Gasteiger partial charge on any atom is 0.430 e. The number of aromatic nitrogens is 2. The van der Waals surface area contributed by atoms with Gasteiger partial charge in [0.2, 0.25) is 5.95 Å². The van der Waals surface area contributed by atoms with E-state index < -0.39 is 50.6 Å². The normalized spacial score (nSPS) is 26.1. The number of fused-ring (bicyclic) bond motifs is 2. The van der Waals surface area contributed by atoms with Gasteiger partial charge in [0.25, 0.3) is 15.6 Å². The number of hydrogen-bond donors (Lipinski definition) is 2. The Morgan fingerprint density at radius 1 is 1.05 bits per heavy atom. The van der Waals surface area contributed by atoms with Crippen LogP contribution in [0.1, 0.15) is 18.4 Å². The molecule has 2 bridgehead atoms. The summed E-state index contributed by atoms with van der Waals surface area (Å²) in [7, 11) is -4.23. The maximum absolute atomic E-state index is 13.4. The number of aliphatic hydroxyl groups excluding tert-OH is 1. The van der Waals surface area contributed by atoms with Crippen molar-refractivity contribution >= 4 is 32.3 Å².